The Hall–Kier alpha value is -0.390. The second-order valence-corrected chi connectivity index (χ2v) is 7.08. The molecule has 0 radical (unpaired) electrons. The molecule has 1 aromatic heterocycles. The van der Waals surface area contributed by atoms with Gasteiger partial charge in [-0.05, 0) is 35.3 Å². The van der Waals surface area contributed by atoms with Crippen LogP contribution in [-0.4, -0.2) is 10.2 Å². The molecule has 0 aliphatic carbocycles. The number of benzene rings is 1. The average molecular weight is 315 g/mol. The smallest absolute Gasteiger partial charge is 0.131 e. The molecule has 0 saturated heterocycles. The topological polar surface area (TPSA) is 25.8 Å². The maximum absolute atomic E-state index is 4.06. The van der Waals surface area contributed by atoms with E-state index in [9.17, 15) is 0 Å². The van der Waals surface area contributed by atoms with Gasteiger partial charge in [0, 0.05) is 5.75 Å². The van der Waals surface area contributed by atoms with E-state index in [0.29, 0.717) is 0 Å². The van der Waals surface area contributed by atoms with Gasteiger partial charge in [-0.1, -0.05) is 52.4 Å². The van der Waals surface area contributed by atoms with Crippen molar-refractivity contribution in [1.29, 1.82) is 0 Å². The molecule has 2 nitrogen and oxygen atoms in total. The molecular formula is C11H11BrN2S2. The fourth-order valence-electron chi connectivity index (χ4n) is 1.55. The maximum Gasteiger partial charge on any atom is 0.184 e. The molecule has 0 saturated carbocycles. The second-order valence-electron chi connectivity index (χ2n) is 3.61. The molecule has 84 valence electrons. The number of thioether (sulfide) groups is 1. The van der Waals surface area contributed by atoms with E-state index in [2.05, 4.69) is 58.2 Å². The van der Waals surface area contributed by atoms with Crippen molar-refractivity contribution in [3.05, 3.63) is 38.8 Å². The van der Waals surface area contributed by atoms with Crippen molar-refractivity contribution in [2.24, 2.45) is 0 Å². The van der Waals surface area contributed by atoms with E-state index in [0.717, 1.165) is 14.0 Å². The van der Waals surface area contributed by atoms with Gasteiger partial charge in [0.1, 0.15) is 0 Å². The van der Waals surface area contributed by atoms with Gasteiger partial charge in [-0.15, -0.1) is 10.2 Å². The number of hydrogen-bond donors (Lipinski definition) is 0. The first-order chi connectivity index (χ1) is 7.63. The number of aromatic nitrogens is 2. The van der Waals surface area contributed by atoms with Crippen LogP contribution >= 0.6 is 39.0 Å². The Morgan fingerprint density at radius 3 is 2.44 bits per heavy atom. The zero-order chi connectivity index (χ0) is 11.5. The van der Waals surface area contributed by atoms with Crippen LogP contribution in [0, 0.1) is 13.8 Å². The second kappa shape index (κ2) is 5.29. The van der Waals surface area contributed by atoms with Crippen molar-refractivity contribution in [1.82, 2.24) is 10.2 Å². The van der Waals surface area contributed by atoms with Crippen LogP contribution in [0.15, 0.2) is 26.5 Å². The summed E-state index contributed by atoms with van der Waals surface area (Å²) < 4.78 is 1.85. The third kappa shape index (κ3) is 3.30. The van der Waals surface area contributed by atoms with E-state index in [1.807, 2.05) is 0 Å². The molecule has 2 aromatic rings. The highest BCUT2D eigenvalue weighted by atomic mass is 79.9. The summed E-state index contributed by atoms with van der Waals surface area (Å²) in [6.45, 7) is 4.26. The summed E-state index contributed by atoms with van der Waals surface area (Å²) in [5.74, 6) is 0.949. The predicted molar refractivity (Wildman–Crippen MR) is 73.1 cm³/mol. The van der Waals surface area contributed by atoms with Gasteiger partial charge in [0.05, 0.1) is 0 Å². The highest BCUT2D eigenvalue weighted by Gasteiger charge is 2.03. The van der Waals surface area contributed by atoms with Gasteiger partial charge < -0.3 is 0 Å². The number of hydrogen-bond acceptors (Lipinski definition) is 4. The van der Waals surface area contributed by atoms with Gasteiger partial charge in [-0.25, -0.2) is 0 Å². The Labute approximate surface area is 112 Å². The van der Waals surface area contributed by atoms with Gasteiger partial charge in [0.25, 0.3) is 0 Å². The van der Waals surface area contributed by atoms with Crippen molar-refractivity contribution in [2.75, 3.05) is 0 Å². The van der Waals surface area contributed by atoms with Crippen LogP contribution in [0.1, 0.15) is 16.7 Å². The minimum atomic E-state index is 0.843. The average Bonchev–Trinajstić information content (AvgIpc) is 2.60. The fourth-order valence-corrected chi connectivity index (χ4v) is 3.92. The standard InChI is InChI=1S/C11H11BrN2S2/c1-7-3-8(2)5-9(4-7)6-15-11-14-13-10(12)16-11/h3-5H,6H2,1-2H3. The van der Waals surface area contributed by atoms with Crippen molar-refractivity contribution in [2.45, 2.75) is 23.9 Å². The minimum Gasteiger partial charge on any atom is -0.131 e. The lowest BCUT2D eigenvalue weighted by Gasteiger charge is -2.02. The van der Waals surface area contributed by atoms with E-state index in [1.54, 1.807) is 23.1 Å². The first kappa shape index (κ1) is 12.1. The van der Waals surface area contributed by atoms with Crippen LogP contribution in [0.3, 0.4) is 0 Å². The summed E-state index contributed by atoms with van der Waals surface area (Å²) in [5.41, 5.74) is 3.97. The Kier molecular flexibility index (Phi) is 4.00. The summed E-state index contributed by atoms with van der Waals surface area (Å²) in [7, 11) is 0. The van der Waals surface area contributed by atoms with Crippen LogP contribution in [-0.2, 0) is 5.75 Å². The lowest BCUT2D eigenvalue weighted by molar-refractivity contribution is 0.997. The number of rotatable bonds is 3. The van der Waals surface area contributed by atoms with Gasteiger partial charge >= 0.3 is 0 Å². The number of halogens is 1. The zero-order valence-corrected chi connectivity index (χ0v) is 12.2. The van der Waals surface area contributed by atoms with Gasteiger partial charge in [0.15, 0.2) is 8.26 Å². The molecule has 1 heterocycles. The van der Waals surface area contributed by atoms with E-state index in [1.165, 1.54) is 16.7 Å². The van der Waals surface area contributed by atoms with Crippen LogP contribution < -0.4 is 0 Å². The molecule has 0 spiro atoms. The molecule has 0 aliphatic heterocycles. The monoisotopic (exact) mass is 314 g/mol. The van der Waals surface area contributed by atoms with Gasteiger partial charge in [-0.2, -0.15) is 0 Å². The largest absolute Gasteiger partial charge is 0.184 e. The third-order valence-electron chi connectivity index (χ3n) is 2.03. The molecule has 0 atom stereocenters. The number of nitrogens with zero attached hydrogens (tertiary/aromatic N) is 2. The molecule has 0 aliphatic rings. The van der Waals surface area contributed by atoms with Crippen LogP contribution in [0.2, 0.25) is 0 Å². The van der Waals surface area contributed by atoms with E-state index in [-0.39, 0.29) is 0 Å². The molecule has 2 rings (SSSR count). The molecule has 0 unspecified atom stereocenters. The quantitative estimate of drug-likeness (QED) is 0.794. The molecular weight excluding hydrogens is 304 g/mol. The lowest BCUT2D eigenvalue weighted by atomic mass is 10.1. The highest BCUT2D eigenvalue weighted by molar-refractivity contribution is 9.11. The summed E-state index contributed by atoms with van der Waals surface area (Å²) in [5, 5.41) is 7.99. The van der Waals surface area contributed by atoms with Crippen molar-refractivity contribution in [3.63, 3.8) is 0 Å². The Bertz CT molecular complexity index is 476. The van der Waals surface area contributed by atoms with E-state index >= 15 is 0 Å². The van der Waals surface area contributed by atoms with Crippen LogP contribution in [0.5, 0.6) is 0 Å². The summed E-state index contributed by atoms with van der Waals surface area (Å²) in [4.78, 5) is 0. The minimum absolute atomic E-state index is 0.843. The predicted octanol–water partition coefficient (Wildman–Crippen LogP) is 4.21. The van der Waals surface area contributed by atoms with Crippen LogP contribution in [0.4, 0.5) is 0 Å². The fraction of sp³-hybridized carbons (Fsp3) is 0.273. The summed E-state index contributed by atoms with van der Waals surface area (Å²) >= 11 is 6.61. The first-order valence-electron chi connectivity index (χ1n) is 4.82. The van der Waals surface area contributed by atoms with Gasteiger partial charge in [0.2, 0.25) is 0 Å². The lowest BCUT2D eigenvalue weighted by Crippen LogP contribution is -1.85. The van der Waals surface area contributed by atoms with Crippen molar-refractivity contribution in [3.8, 4) is 0 Å². The molecule has 0 bridgehead atoms. The first-order valence-corrected chi connectivity index (χ1v) is 7.42. The van der Waals surface area contributed by atoms with Gasteiger partial charge in [-0.3, -0.25) is 0 Å². The maximum atomic E-state index is 4.06. The highest BCUT2D eigenvalue weighted by Crippen LogP contribution is 2.28. The Morgan fingerprint density at radius 2 is 1.88 bits per heavy atom. The molecule has 5 heteroatoms. The van der Waals surface area contributed by atoms with E-state index in [4.69, 9.17) is 0 Å². The Balaban J connectivity index is 2.04. The molecule has 16 heavy (non-hydrogen) atoms. The normalized spacial score (nSPS) is 10.7. The SMILES string of the molecule is Cc1cc(C)cc(CSc2nnc(Br)s2)c1. The van der Waals surface area contributed by atoms with E-state index < -0.39 is 0 Å². The zero-order valence-electron chi connectivity index (χ0n) is 9.03. The molecule has 0 fully saturated rings. The third-order valence-corrected chi connectivity index (χ3v) is 4.59. The van der Waals surface area contributed by atoms with Crippen molar-refractivity contribution >= 4 is 39.0 Å². The molecule has 0 amide bonds. The number of aryl methyl sites for hydroxylation is 2. The summed E-state index contributed by atoms with van der Waals surface area (Å²) in [6.07, 6.45) is 0. The van der Waals surface area contributed by atoms with Crippen molar-refractivity contribution < 1.29 is 0 Å². The molecule has 1 aromatic carbocycles. The summed E-state index contributed by atoms with van der Waals surface area (Å²) in [6, 6.07) is 6.63. The Morgan fingerprint density at radius 1 is 1.19 bits per heavy atom. The van der Waals surface area contributed by atoms with Crippen LogP contribution in [0.25, 0.3) is 0 Å². The molecule has 0 N–H and O–H groups in total.